The molecular weight excluding hydrogens is 308 g/mol. The molecule has 7 heteroatoms. The lowest BCUT2D eigenvalue weighted by atomic mass is 10.1. The molecule has 0 radical (unpaired) electrons. The molecule has 7 nitrogen and oxygen atoms in total. The van der Waals surface area contributed by atoms with E-state index in [1.165, 1.54) is 0 Å². The Bertz CT molecular complexity index is 795. The van der Waals surface area contributed by atoms with Crippen LogP contribution in [-0.2, 0) is 12.8 Å². The Kier molecular flexibility index (Phi) is 4.50. The summed E-state index contributed by atoms with van der Waals surface area (Å²) in [5.41, 5.74) is 6.57. The lowest BCUT2D eigenvalue weighted by Crippen LogP contribution is -2.21. The Hall–Kier alpha value is -2.83. The molecule has 0 spiro atoms. The molecule has 0 saturated carbocycles. The summed E-state index contributed by atoms with van der Waals surface area (Å²) in [6, 6.07) is 5.48. The number of amides is 1. The predicted octanol–water partition coefficient (Wildman–Crippen LogP) is 2.07. The Morgan fingerprint density at radius 2 is 2.04 bits per heavy atom. The second-order valence-corrected chi connectivity index (χ2v) is 5.59. The molecule has 1 aliphatic carbocycles. The van der Waals surface area contributed by atoms with Crippen LogP contribution in [0, 0.1) is 0 Å². The molecule has 126 valence electrons. The number of nitrogens with zero attached hydrogens (tertiary/aromatic N) is 2. The number of hydrogen-bond donors (Lipinski definition) is 2. The standard InChI is InChI=1S/C17H20N4O3/c1-10(11-7-8-14(23-2)15(9-11)24-3)18-21-17(22)16-12-5-4-6-13(12)19-20-16/h7-9H,4-6H2,1-3H3,(H,19,20)(H,21,22)/b18-10-. The minimum atomic E-state index is -0.297. The number of fused-ring (bicyclic) bond motifs is 1. The van der Waals surface area contributed by atoms with E-state index in [1.54, 1.807) is 20.3 Å². The van der Waals surface area contributed by atoms with Crippen LogP contribution in [0.3, 0.4) is 0 Å². The smallest absolute Gasteiger partial charge is 0.292 e. The van der Waals surface area contributed by atoms with Crippen molar-refractivity contribution in [1.82, 2.24) is 15.6 Å². The van der Waals surface area contributed by atoms with Crippen LogP contribution in [0.5, 0.6) is 11.5 Å². The van der Waals surface area contributed by atoms with Crippen LogP contribution in [0.15, 0.2) is 23.3 Å². The van der Waals surface area contributed by atoms with Crippen molar-refractivity contribution < 1.29 is 14.3 Å². The first-order valence-corrected chi connectivity index (χ1v) is 7.77. The highest BCUT2D eigenvalue weighted by Crippen LogP contribution is 2.27. The maximum atomic E-state index is 12.3. The molecule has 1 heterocycles. The van der Waals surface area contributed by atoms with Gasteiger partial charge < -0.3 is 9.47 Å². The largest absolute Gasteiger partial charge is 0.493 e. The molecule has 0 fully saturated rings. The molecule has 0 unspecified atom stereocenters. The molecule has 2 N–H and O–H groups in total. The second-order valence-electron chi connectivity index (χ2n) is 5.59. The lowest BCUT2D eigenvalue weighted by molar-refractivity contribution is 0.0949. The zero-order chi connectivity index (χ0) is 17.1. The van der Waals surface area contributed by atoms with Crippen LogP contribution < -0.4 is 14.9 Å². The molecule has 1 aromatic carbocycles. The van der Waals surface area contributed by atoms with Gasteiger partial charge in [-0.25, -0.2) is 5.43 Å². The average molecular weight is 328 g/mol. The molecule has 0 aliphatic heterocycles. The van der Waals surface area contributed by atoms with Crippen molar-refractivity contribution in [3.8, 4) is 11.5 Å². The molecule has 24 heavy (non-hydrogen) atoms. The van der Waals surface area contributed by atoms with Crippen LogP contribution in [0.2, 0.25) is 0 Å². The van der Waals surface area contributed by atoms with Gasteiger partial charge in [-0.05, 0) is 44.4 Å². The van der Waals surface area contributed by atoms with Crippen LogP contribution in [0.1, 0.15) is 40.7 Å². The van der Waals surface area contributed by atoms with E-state index in [4.69, 9.17) is 9.47 Å². The summed E-state index contributed by atoms with van der Waals surface area (Å²) in [4.78, 5) is 12.3. The first-order valence-electron chi connectivity index (χ1n) is 7.77. The monoisotopic (exact) mass is 328 g/mol. The number of hydrazone groups is 1. The summed E-state index contributed by atoms with van der Waals surface area (Å²) in [5, 5.41) is 11.2. The third kappa shape index (κ3) is 2.97. The van der Waals surface area contributed by atoms with E-state index in [9.17, 15) is 4.79 Å². The Labute approximate surface area is 140 Å². The van der Waals surface area contributed by atoms with E-state index in [-0.39, 0.29) is 5.91 Å². The average Bonchev–Trinajstić information content (AvgIpc) is 3.22. The highest BCUT2D eigenvalue weighted by molar-refractivity contribution is 6.01. The highest BCUT2D eigenvalue weighted by atomic mass is 16.5. The molecule has 1 aliphatic rings. The SMILES string of the molecule is COc1ccc(/C(C)=N\NC(=O)c2n[nH]c3c2CCC3)cc1OC. The number of carbonyl (C=O) groups excluding carboxylic acids is 1. The first kappa shape index (κ1) is 16.0. The van der Waals surface area contributed by atoms with Gasteiger partial charge in [0.15, 0.2) is 17.2 Å². The summed E-state index contributed by atoms with van der Waals surface area (Å²) in [7, 11) is 3.16. The number of aromatic amines is 1. The molecule has 0 saturated heterocycles. The molecule has 1 amide bonds. The van der Waals surface area contributed by atoms with E-state index in [2.05, 4.69) is 20.7 Å². The second kappa shape index (κ2) is 6.74. The number of hydrogen-bond acceptors (Lipinski definition) is 5. The molecule has 3 rings (SSSR count). The number of nitrogens with one attached hydrogen (secondary N) is 2. The number of ether oxygens (including phenoxy) is 2. The predicted molar refractivity (Wildman–Crippen MR) is 89.8 cm³/mol. The van der Waals surface area contributed by atoms with Crippen molar-refractivity contribution in [1.29, 1.82) is 0 Å². The van der Waals surface area contributed by atoms with E-state index in [0.29, 0.717) is 22.9 Å². The number of methoxy groups -OCH3 is 2. The number of rotatable bonds is 5. The van der Waals surface area contributed by atoms with Crippen molar-refractivity contribution in [3.05, 3.63) is 40.7 Å². The van der Waals surface area contributed by atoms with Crippen LogP contribution >= 0.6 is 0 Å². The van der Waals surface area contributed by atoms with Crippen molar-refractivity contribution in [2.24, 2.45) is 5.10 Å². The van der Waals surface area contributed by atoms with Crippen LogP contribution in [0.4, 0.5) is 0 Å². The van der Waals surface area contributed by atoms with E-state index < -0.39 is 0 Å². The topological polar surface area (TPSA) is 88.6 Å². The van der Waals surface area contributed by atoms with Gasteiger partial charge >= 0.3 is 0 Å². The number of H-pyrrole nitrogens is 1. The molecular formula is C17H20N4O3. The van der Waals surface area contributed by atoms with Crippen molar-refractivity contribution in [3.63, 3.8) is 0 Å². The first-order chi connectivity index (χ1) is 11.6. The normalized spacial score (nSPS) is 13.5. The van der Waals surface area contributed by atoms with E-state index >= 15 is 0 Å². The number of aryl methyl sites for hydroxylation is 1. The molecule has 0 bridgehead atoms. The van der Waals surface area contributed by atoms with E-state index in [0.717, 1.165) is 36.1 Å². The molecule has 1 aromatic heterocycles. The third-order valence-corrected chi connectivity index (χ3v) is 4.15. The fraction of sp³-hybridized carbons (Fsp3) is 0.353. The third-order valence-electron chi connectivity index (χ3n) is 4.15. The summed E-state index contributed by atoms with van der Waals surface area (Å²) < 4.78 is 10.5. The van der Waals surface area contributed by atoms with Gasteiger partial charge in [0.25, 0.3) is 5.91 Å². The minimum Gasteiger partial charge on any atom is -0.493 e. The molecule has 0 atom stereocenters. The van der Waals surface area contributed by atoms with E-state index in [1.807, 2.05) is 19.1 Å². The van der Waals surface area contributed by atoms with Gasteiger partial charge in [0.05, 0.1) is 19.9 Å². The summed E-state index contributed by atoms with van der Waals surface area (Å²) in [5.74, 6) is 0.959. The van der Waals surface area contributed by atoms with Crippen LogP contribution in [0.25, 0.3) is 0 Å². The minimum absolute atomic E-state index is 0.297. The number of aromatic nitrogens is 2. The van der Waals surface area contributed by atoms with Crippen molar-refractivity contribution in [2.45, 2.75) is 26.2 Å². The zero-order valence-corrected chi connectivity index (χ0v) is 14.0. The Morgan fingerprint density at radius 1 is 1.25 bits per heavy atom. The number of benzene rings is 1. The van der Waals surface area contributed by atoms with Gasteiger partial charge in [0.2, 0.25) is 0 Å². The van der Waals surface area contributed by atoms with Gasteiger partial charge in [-0.2, -0.15) is 10.2 Å². The van der Waals surface area contributed by atoms with Gasteiger partial charge in [0.1, 0.15) is 0 Å². The maximum absolute atomic E-state index is 12.3. The fourth-order valence-corrected chi connectivity index (χ4v) is 2.82. The summed E-state index contributed by atoms with van der Waals surface area (Å²) in [6.45, 7) is 1.82. The Balaban J connectivity index is 1.75. The Morgan fingerprint density at radius 3 is 2.79 bits per heavy atom. The summed E-state index contributed by atoms with van der Waals surface area (Å²) in [6.07, 6.45) is 2.88. The lowest BCUT2D eigenvalue weighted by Gasteiger charge is -2.09. The maximum Gasteiger partial charge on any atom is 0.292 e. The van der Waals surface area contributed by atoms with Gasteiger partial charge in [-0.3, -0.25) is 9.89 Å². The highest BCUT2D eigenvalue weighted by Gasteiger charge is 2.22. The van der Waals surface area contributed by atoms with Crippen molar-refractivity contribution >= 4 is 11.6 Å². The molecule has 2 aromatic rings. The van der Waals surface area contributed by atoms with Gasteiger partial charge in [0, 0.05) is 16.8 Å². The zero-order valence-electron chi connectivity index (χ0n) is 14.0. The van der Waals surface area contributed by atoms with Crippen LogP contribution in [-0.4, -0.2) is 36.0 Å². The van der Waals surface area contributed by atoms with Gasteiger partial charge in [-0.15, -0.1) is 0 Å². The quantitative estimate of drug-likeness (QED) is 0.649. The fourth-order valence-electron chi connectivity index (χ4n) is 2.82. The number of carbonyl (C=O) groups is 1. The van der Waals surface area contributed by atoms with Crippen molar-refractivity contribution in [2.75, 3.05) is 14.2 Å². The summed E-state index contributed by atoms with van der Waals surface area (Å²) >= 11 is 0. The van der Waals surface area contributed by atoms with Gasteiger partial charge in [-0.1, -0.05) is 0 Å².